The molecule has 1 amide bonds. The molecule has 9 heteroatoms. The predicted octanol–water partition coefficient (Wildman–Crippen LogP) is 5.64. The summed E-state index contributed by atoms with van der Waals surface area (Å²) in [5.41, 5.74) is 3.22. The van der Waals surface area contributed by atoms with Crippen molar-refractivity contribution in [1.82, 2.24) is 10.3 Å². The number of hydrogen-bond acceptors (Lipinski definition) is 6. The third kappa shape index (κ3) is 6.36. The van der Waals surface area contributed by atoms with E-state index >= 15 is 0 Å². The van der Waals surface area contributed by atoms with Gasteiger partial charge in [-0.05, 0) is 37.0 Å². The molecule has 0 saturated heterocycles. The summed E-state index contributed by atoms with van der Waals surface area (Å²) in [6, 6.07) is 6.71. The number of Topliss-reactive ketones (excluding diaryl/α,β-unsaturated/α-hetero) is 1. The maximum atomic E-state index is 12.6. The van der Waals surface area contributed by atoms with Gasteiger partial charge in [-0.25, -0.2) is 0 Å². The van der Waals surface area contributed by atoms with Gasteiger partial charge in [0.05, 0.1) is 35.2 Å². The van der Waals surface area contributed by atoms with Crippen LogP contribution in [0.3, 0.4) is 0 Å². The highest BCUT2D eigenvalue weighted by atomic mass is 35.5. The van der Waals surface area contributed by atoms with Crippen LogP contribution in [0.25, 0.3) is 0 Å². The summed E-state index contributed by atoms with van der Waals surface area (Å²) < 4.78 is 4.88. The molecule has 0 radical (unpaired) electrons. The van der Waals surface area contributed by atoms with Crippen LogP contribution in [0.2, 0.25) is 10.0 Å². The van der Waals surface area contributed by atoms with E-state index in [1.54, 1.807) is 12.1 Å². The average Bonchev–Trinajstić information content (AvgIpc) is 3.16. The van der Waals surface area contributed by atoms with Crippen molar-refractivity contribution in [2.75, 3.05) is 12.4 Å². The van der Waals surface area contributed by atoms with Crippen LogP contribution in [-0.2, 0) is 14.3 Å². The van der Waals surface area contributed by atoms with E-state index in [2.05, 4.69) is 22.5 Å². The van der Waals surface area contributed by atoms with Gasteiger partial charge in [-0.3, -0.25) is 19.4 Å². The topological polar surface area (TPSA) is 97.4 Å². The molecule has 3 rings (SSSR count). The molecule has 1 aliphatic carbocycles. The van der Waals surface area contributed by atoms with Crippen molar-refractivity contribution in [1.29, 1.82) is 0 Å². The Morgan fingerprint density at radius 1 is 1.12 bits per heavy atom. The lowest BCUT2D eigenvalue weighted by atomic mass is 10.0. The maximum absolute atomic E-state index is 12.6. The van der Waals surface area contributed by atoms with E-state index in [0.717, 1.165) is 36.1 Å². The Labute approximate surface area is 208 Å². The van der Waals surface area contributed by atoms with Gasteiger partial charge in [0.2, 0.25) is 0 Å². The van der Waals surface area contributed by atoms with Crippen molar-refractivity contribution in [2.45, 2.75) is 51.5 Å². The number of benzene rings is 1. The largest absolute Gasteiger partial charge is 0.469 e. The summed E-state index contributed by atoms with van der Waals surface area (Å²) in [5.74, 6) is -0.652. The average molecular weight is 504 g/mol. The van der Waals surface area contributed by atoms with Gasteiger partial charge in [-0.15, -0.1) is 0 Å². The number of ether oxygens (including phenoxy) is 1. The molecule has 0 aliphatic heterocycles. The highest BCUT2D eigenvalue weighted by Crippen LogP contribution is 2.30. The van der Waals surface area contributed by atoms with E-state index in [1.165, 1.54) is 19.5 Å². The molecule has 180 valence electrons. The van der Waals surface area contributed by atoms with E-state index in [1.807, 2.05) is 12.1 Å². The molecule has 2 aromatic rings. The van der Waals surface area contributed by atoms with Crippen LogP contribution in [0.4, 0.5) is 5.69 Å². The fourth-order valence-electron chi connectivity index (χ4n) is 3.84. The highest BCUT2D eigenvalue weighted by molar-refractivity contribution is 6.40. The second-order valence-electron chi connectivity index (χ2n) is 8.02. The molecule has 2 N–H and O–H groups in total. The first-order chi connectivity index (χ1) is 16.3. The Balaban J connectivity index is 1.80. The van der Waals surface area contributed by atoms with E-state index in [4.69, 9.17) is 27.9 Å². The van der Waals surface area contributed by atoms with Crippen LogP contribution in [0.15, 0.2) is 47.9 Å². The number of anilines is 1. The minimum Gasteiger partial charge on any atom is -0.469 e. The zero-order valence-electron chi connectivity index (χ0n) is 19.1. The maximum Gasteiger partial charge on any atom is 0.307 e. The van der Waals surface area contributed by atoms with Gasteiger partial charge in [-0.2, -0.15) is 0 Å². The van der Waals surface area contributed by atoms with Crippen LogP contribution in [0.5, 0.6) is 0 Å². The van der Waals surface area contributed by atoms with Gasteiger partial charge >= 0.3 is 5.97 Å². The zero-order chi connectivity index (χ0) is 24.7. The van der Waals surface area contributed by atoms with Crippen molar-refractivity contribution >= 4 is 46.5 Å². The zero-order valence-corrected chi connectivity index (χ0v) is 20.6. The molecule has 1 heterocycles. The summed E-state index contributed by atoms with van der Waals surface area (Å²) in [6.45, 7) is 2.09. The number of esters is 1. The first-order valence-electron chi connectivity index (χ1n) is 11.1. The smallest absolute Gasteiger partial charge is 0.307 e. The normalized spacial score (nSPS) is 14.2. The molecule has 1 aromatic heterocycles. The number of nitrogens with one attached hydrogen (secondary N) is 2. The van der Waals surface area contributed by atoms with Crippen LogP contribution in [-0.4, -0.2) is 29.8 Å². The van der Waals surface area contributed by atoms with Crippen molar-refractivity contribution in [3.8, 4) is 0 Å². The van der Waals surface area contributed by atoms with Gasteiger partial charge < -0.3 is 15.4 Å². The SMILES string of the molecule is CCCCC1=C(NC(CC(=O)OC)c2ccc(NC(=O)c3c(Cl)cncc3Cl)cc2)CCC1=O. The Morgan fingerprint density at radius 2 is 1.79 bits per heavy atom. The van der Waals surface area contributed by atoms with E-state index in [-0.39, 0.29) is 39.8 Å². The van der Waals surface area contributed by atoms with Gasteiger partial charge in [0.1, 0.15) is 0 Å². The summed E-state index contributed by atoms with van der Waals surface area (Å²) >= 11 is 12.1. The third-order valence-electron chi connectivity index (χ3n) is 5.68. The van der Waals surface area contributed by atoms with Crippen LogP contribution in [0, 0.1) is 0 Å². The van der Waals surface area contributed by atoms with Crippen LogP contribution < -0.4 is 10.6 Å². The minimum atomic E-state index is -0.454. The Hall–Kier alpha value is -2.90. The first kappa shape index (κ1) is 25.7. The molecular weight excluding hydrogens is 477 g/mol. The second-order valence-corrected chi connectivity index (χ2v) is 8.83. The summed E-state index contributed by atoms with van der Waals surface area (Å²) in [4.78, 5) is 40.9. The number of aromatic nitrogens is 1. The third-order valence-corrected chi connectivity index (χ3v) is 6.25. The number of halogens is 2. The van der Waals surface area contributed by atoms with Gasteiger partial charge in [-0.1, -0.05) is 48.7 Å². The Bertz CT molecular complexity index is 1080. The molecule has 34 heavy (non-hydrogen) atoms. The first-order valence-corrected chi connectivity index (χ1v) is 11.9. The van der Waals surface area contributed by atoms with E-state index in [9.17, 15) is 14.4 Å². The fraction of sp³-hybridized carbons (Fsp3) is 0.360. The molecule has 1 atom stereocenters. The van der Waals surface area contributed by atoms with Crippen LogP contribution in [0.1, 0.15) is 67.4 Å². The van der Waals surface area contributed by atoms with Crippen molar-refractivity contribution in [3.05, 3.63) is 69.1 Å². The number of hydrogen-bond donors (Lipinski definition) is 2. The molecule has 7 nitrogen and oxygen atoms in total. The molecular formula is C25H27Cl2N3O4. The number of amides is 1. The summed E-state index contributed by atoms with van der Waals surface area (Å²) in [7, 11) is 1.35. The minimum absolute atomic E-state index is 0.100. The molecule has 1 aromatic carbocycles. The Kier molecular flexibility index (Phi) is 9.07. The molecule has 0 spiro atoms. The molecule has 0 fully saturated rings. The molecule has 0 bridgehead atoms. The van der Waals surface area contributed by atoms with Crippen molar-refractivity contribution < 1.29 is 19.1 Å². The summed E-state index contributed by atoms with van der Waals surface area (Å²) in [5, 5.41) is 6.49. The van der Waals surface area contributed by atoms with Crippen molar-refractivity contribution in [3.63, 3.8) is 0 Å². The lowest BCUT2D eigenvalue weighted by Gasteiger charge is -2.21. The monoisotopic (exact) mass is 503 g/mol. The van der Waals surface area contributed by atoms with Gasteiger partial charge in [0, 0.05) is 35.8 Å². The number of carbonyl (C=O) groups is 3. The lowest BCUT2D eigenvalue weighted by molar-refractivity contribution is -0.141. The van der Waals surface area contributed by atoms with E-state index in [0.29, 0.717) is 18.5 Å². The van der Waals surface area contributed by atoms with Crippen molar-refractivity contribution in [2.24, 2.45) is 0 Å². The second kappa shape index (κ2) is 12.0. The van der Waals surface area contributed by atoms with Gasteiger partial charge in [0.15, 0.2) is 5.78 Å². The highest BCUT2D eigenvalue weighted by Gasteiger charge is 2.26. The number of unbranched alkanes of at least 4 members (excludes halogenated alkanes) is 1. The van der Waals surface area contributed by atoms with Crippen LogP contribution >= 0.6 is 23.2 Å². The quantitative estimate of drug-likeness (QED) is 0.407. The number of methoxy groups -OCH3 is 1. The number of carbonyl (C=O) groups excluding carboxylic acids is 3. The summed E-state index contributed by atoms with van der Waals surface area (Å²) in [6.07, 6.45) is 6.59. The predicted molar refractivity (Wildman–Crippen MR) is 132 cm³/mol. The fourth-order valence-corrected chi connectivity index (χ4v) is 4.38. The number of ketones is 1. The standard InChI is InChI=1S/C25H27Cl2N3O4/c1-3-4-5-17-20(10-11-22(17)31)30-21(12-23(32)34-2)15-6-8-16(9-7-15)29-25(33)24-18(26)13-28-14-19(24)27/h6-9,13-14,21,30H,3-5,10-12H2,1-2H3,(H,29,33). The molecule has 0 saturated carbocycles. The van der Waals surface area contributed by atoms with Gasteiger partial charge in [0.25, 0.3) is 5.91 Å². The number of rotatable bonds is 10. The van der Waals surface area contributed by atoms with E-state index < -0.39 is 5.91 Å². The molecule has 1 aliphatic rings. The molecule has 1 unspecified atom stereocenters. The number of pyridine rings is 1. The number of nitrogens with zero attached hydrogens (tertiary/aromatic N) is 1. The lowest BCUT2D eigenvalue weighted by Crippen LogP contribution is -2.24. The number of allylic oxidation sites excluding steroid dienone is 2. The Morgan fingerprint density at radius 3 is 2.41 bits per heavy atom.